The molecular weight excluding hydrogens is 1060 g/mol. The molecule has 12 atom stereocenters. The van der Waals surface area contributed by atoms with Crippen LogP contribution in [0.25, 0.3) is 0 Å². The largest absolute Gasteiger partial charge is 0.394 e. The minimum atomic E-state index is -1.79. The molecule has 482 valence electrons. The van der Waals surface area contributed by atoms with Gasteiger partial charge in [-0.2, -0.15) is 0 Å². The minimum Gasteiger partial charge on any atom is -0.394 e. The summed E-state index contributed by atoms with van der Waals surface area (Å²) in [4.78, 5) is 13.3. The molecule has 12 unspecified atom stereocenters. The fraction of sp³-hybridized carbons (Fsp3) is 0.729. The molecule has 2 rings (SSSR count). The number of nitrogens with one attached hydrogen (secondary N) is 1. The lowest BCUT2D eigenvalue weighted by molar-refractivity contribution is -0.359. The number of allylic oxidation sites excluding steroid dienone is 17. The highest BCUT2D eigenvalue weighted by Gasteiger charge is 2.51. The van der Waals surface area contributed by atoms with Crippen LogP contribution in [-0.2, 0) is 23.7 Å². The number of rotatable bonds is 52. The van der Waals surface area contributed by atoms with Crippen molar-refractivity contribution in [3.63, 3.8) is 0 Å². The van der Waals surface area contributed by atoms with E-state index in [0.29, 0.717) is 12.8 Å². The van der Waals surface area contributed by atoms with Gasteiger partial charge in [0.25, 0.3) is 0 Å². The third-order valence-corrected chi connectivity index (χ3v) is 15.4. The Balaban J connectivity index is 1.65. The van der Waals surface area contributed by atoms with E-state index in [1.807, 2.05) is 6.08 Å². The van der Waals surface area contributed by atoms with Gasteiger partial charge < -0.3 is 65.1 Å². The number of aliphatic hydroxyl groups excluding tert-OH is 8. The zero-order valence-corrected chi connectivity index (χ0v) is 52.1. The number of hydrogen-bond donors (Lipinski definition) is 9. The van der Waals surface area contributed by atoms with Gasteiger partial charge in [-0.1, -0.05) is 245 Å². The Kier molecular flexibility index (Phi) is 49.2. The molecule has 0 aromatic carbocycles. The Morgan fingerprint density at radius 2 is 0.833 bits per heavy atom. The van der Waals surface area contributed by atoms with Crippen molar-refractivity contribution >= 4 is 5.91 Å². The molecule has 14 heteroatoms. The van der Waals surface area contributed by atoms with Gasteiger partial charge in [0.15, 0.2) is 12.6 Å². The zero-order chi connectivity index (χ0) is 60.9. The number of hydrogen-bond acceptors (Lipinski definition) is 13. The van der Waals surface area contributed by atoms with Crippen LogP contribution >= 0.6 is 0 Å². The van der Waals surface area contributed by atoms with Crippen LogP contribution in [0.1, 0.15) is 232 Å². The fourth-order valence-electron chi connectivity index (χ4n) is 10.2. The summed E-state index contributed by atoms with van der Waals surface area (Å²) in [5.74, 6) is -0.254. The van der Waals surface area contributed by atoms with Crippen molar-refractivity contribution < 1.29 is 64.6 Å². The first kappa shape index (κ1) is 76.7. The molecule has 9 N–H and O–H groups in total. The van der Waals surface area contributed by atoms with Crippen LogP contribution in [0.3, 0.4) is 0 Å². The summed E-state index contributed by atoms with van der Waals surface area (Å²) in [5.41, 5.74) is 0. The van der Waals surface area contributed by atoms with Crippen molar-refractivity contribution in [1.29, 1.82) is 0 Å². The third kappa shape index (κ3) is 38.0. The Bertz CT molecular complexity index is 1820. The van der Waals surface area contributed by atoms with E-state index >= 15 is 0 Å². The molecule has 2 aliphatic heterocycles. The summed E-state index contributed by atoms with van der Waals surface area (Å²) in [6.45, 7) is 2.65. The third-order valence-electron chi connectivity index (χ3n) is 15.4. The molecule has 1 amide bonds. The molecule has 14 nitrogen and oxygen atoms in total. The maximum absolute atomic E-state index is 13.3. The van der Waals surface area contributed by atoms with Crippen LogP contribution in [0.2, 0.25) is 0 Å². The summed E-state index contributed by atoms with van der Waals surface area (Å²) in [5, 5.41) is 87.2. The number of unbranched alkanes of at least 4 members (excludes halogenated alkanes) is 23. The van der Waals surface area contributed by atoms with E-state index in [9.17, 15) is 45.6 Å². The van der Waals surface area contributed by atoms with Gasteiger partial charge in [0.05, 0.1) is 32.0 Å². The predicted octanol–water partition coefficient (Wildman–Crippen LogP) is 12.8. The van der Waals surface area contributed by atoms with Gasteiger partial charge in [-0.15, -0.1) is 0 Å². The second kappa shape index (κ2) is 53.9. The van der Waals surface area contributed by atoms with Crippen molar-refractivity contribution in [1.82, 2.24) is 5.32 Å². The number of carbonyl (C=O) groups is 1. The molecule has 2 saturated heterocycles. The van der Waals surface area contributed by atoms with Crippen molar-refractivity contribution in [2.24, 2.45) is 0 Å². The van der Waals surface area contributed by atoms with Crippen LogP contribution in [0, 0.1) is 0 Å². The first-order valence-electron chi connectivity index (χ1n) is 33.1. The fourth-order valence-corrected chi connectivity index (χ4v) is 10.2. The Morgan fingerprint density at radius 1 is 0.440 bits per heavy atom. The van der Waals surface area contributed by atoms with Gasteiger partial charge in [-0.05, 0) is 89.9 Å². The van der Waals surface area contributed by atoms with Gasteiger partial charge in [-0.25, -0.2) is 0 Å². The monoisotopic (exact) mass is 1180 g/mol. The molecular formula is C70H119NO13. The second-order valence-corrected chi connectivity index (χ2v) is 22.9. The topological polar surface area (TPSA) is 228 Å². The Labute approximate surface area is 508 Å². The van der Waals surface area contributed by atoms with Crippen molar-refractivity contribution in [3.05, 3.63) is 109 Å². The summed E-state index contributed by atoms with van der Waals surface area (Å²) in [6, 6.07) is -0.938. The lowest BCUT2D eigenvalue weighted by atomic mass is 9.97. The van der Waals surface area contributed by atoms with Crippen LogP contribution in [0.4, 0.5) is 0 Å². The van der Waals surface area contributed by atoms with Gasteiger partial charge >= 0.3 is 0 Å². The van der Waals surface area contributed by atoms with E-state index < -0.39 is 86.8 Å². The van der Waals surface area contributed by atoms with Gasteiger partial charge in [-0.3, -0.25) is 4.79 Å². The molecule has 0 aliphatic carbocycles. The highest BCUT2D eigenvalue weighted by molar-refractivity contribution is 5.76. The number of amides is 1. The summed E-state index contributed by atoms with van der Waals surface area (Å²) < 4.78 is 22.8. The minimum absolute atomic E-state index is 0.254. The van der Waals surface area contributed by atoms with E-state index in [0.717, 1.165) is 83.5 Å². The number of aliphatic hydroxyl groups is 8. The average molecular weight is 1180 g/mol. The lowest BCUT2D eigenvalue weighted by Crippen LogP contribution is -2.65. The molecule has 0 aromatic heterocycles. The first-order valence-corrected chi connectivity index (χ1v) is 33.1. The maximum Gasteiger partial charge on any atom is 0.220 e. The van der Waals surface area contributed by atoms with Crippen LogP contribution in [0.5, 0.6) is 0 Å². The van der Waals surface area contributed by atoms with Crippen LogP contribution < -0.4 is 5.32 Å². The SMILES string of the molecule is CC/C=C\C/C=C\C/C=C\C/C=C\C/C=C\C/C=C\C/C=C\CCCCCCCCCCCCCCCC(=O)NC(COC1OC(CO)C(OC2OC(CO)C(O)C(O)C2O)C(O)C1O)C(O)/C=C/CC/C=C/CCCCCCCCCCC. The van der Waals surface area contributed by atoms with Crippen LogP contribution in [0.15, 0.2) is 109 Å². The van der Waals surface area contributed by atoms with E-state index in [1.54, 1.807) is 6.08 Å². The van der Waals surface area contributed by atoms with Crippen molar-refractivity contribution in [2.45, 2.75) is 306 Å². The first-order chi connectivity index (χ1) is 41.1. The van der Waals surface area contributed by atoms with Crippen molar-refractivity contribution in [3.8, 4) is 0 Å². The highest BCUT2D eigenvalue weighted by Crippen LogP contribution is 2.30. The Hall–Kier alpha value is -3.35. The Morgan fingerprint density at radius 3 is 1.31 bits per heavy atom. The number of carbonyl (C=O) groups excluding carboxylic acids is 1. The van der Waals surface area contributed by atoms with E-state index in [4.69, 9.17) is 18.9 Å². The predicted molar refractivity (Wildman–Crippen MR) is 341 cm³/mol. The van der Waals surface area contributed by atoms with Gasteiger partial charge in [0.1, 0.15) is 48.8 Å². The smallest absolute Gasteiger partial charge is 0.220 e. The molecule has 84 heavy (non-hydrogen) atoms. The molecule has 0 bridgehead atoms. The molecule has 0 aromatic rings. The van der Waals surface area contributed by atoms with E-state index in [2.05, 4.69) is 116 Å². The summed E-state index contributed by atoms with van der Waals surface area (Å²) in [6.07, 6.45) is 60.0. The van der Waals surface area contributed by atoms with Crippen molar-refractivity contribution in [2.75, 3.05) is 19.8 Å². The molecule has 0 radical (unpaired) electrons. The molecule has 2 heterocycles. The summed E-state index contributed by atoms with van der Waals surface area (Å²) >= 11 is 0. The van der Waals surface area contributed by atoms with Gasteiger partial charge in [0, 0.05) is 6.42 Å². The number of ether oxygens (including phenoxy) is 4. The second-order valence-electron chi connectivity index (χ2n) is 22.9. The normalized spacial score (nSPS) is 24.4. The highest BCUT2D eigenvalue weighted by atomic mass is 16.7. The quantitative estimate of drug-likeness (QED) is 0.0204. The molecule has 2 aliphatic rings. The average Bonchev–Trinajstić information content (AvgIpc) is 3.23. The molecule has 0 spiro atoms. The molecule has 2 fully saturated rings. The standard InChI is InChI=1S/C70H119NO13/c1-3-5-7-9-11-13-15-17-19-20-21-22-23-24-25-26-27-28-29-30-31-32-33-34-35-36-37-38-40-42-44-46-48-50-52-54-62(75)71-58(59(74)53-51-49-47-45-43-41-39-18-16-14-12-10-8-6-4-2)57-81-69-67(80)65(78)68(61(56-73)83-69)84-70-66(79)64(77)63(76)60(55-72)82-70/h5,7,11,13,17,19,21-22,24-25,27-28,30-31,43,45,51,53,58-61,63-70,72-74,76-80H,3-4,6,8-10,12,14-16,18,20,23,26,29,32-42,44,46-50,52,54-57H2,1-2H3,(H,71,75)/b7-5-,13-11-,19-17-,22-21-,25-24-,28-27-,31-30-,45-43+,53-51+. The van der Waals surface area contributed by atoms with Crippen LogP contribution in [-0.4, -0.2) is 140 Å². The van der Waals surface area contributed by atoms with E-state index in [-0.39, 0.29) is 18.9 Å². The summed E-state index contributed by atoms with van der Waals surface area (Å²) in [7, 11) is 0. The maximum atomic E-state index is 13.3. The van der Waals surface area contributed by atoms with Gasteiger partial charge in [0.2, 0.25) is 5.91 Å². The van der Waals surface area contributed by atoms with E-state index in [1.165, 1.54) is 116 Å². The molecule has 0 saturated carbocycles. The lowest BCUT2D eigenvalue weighted by Gasteiger charge is -2.46. The zero-order valence-electron chi connectivity index (χ0n) is 52.1.